The van der Waals surface area contributed by atoms with Crippen molar-refractivity contribution in [2.24, 2.45) is 16.8 Å². The summed E-state index contributed by atoms with van der Waals surface area (Å²) in [5.74, 6) is 1.33. The van der Waals surface area contributed by atoms with E-state index in [1.54, 1.807) is 18.3 Å². The van der Waals surface area contributed by atoms with E-state index in [1.807, 2.05) is 25.1 Å². The van der Waals surface area contributed by atoms with Crippen molar-refractivity contribution in [2.75, 3.05) is 0 Å². The Morgan fingerprint density at radius 3 is 2.51 bits per heavy atom. The molecule has 4 aliphatic rings. The molecule has 2 bridgehead atoms. The summed E-state index contributed by atoms with van der Waals surface area (Å²) in [4.78, 5) is 20.1. The molecule has 12 heteroatoms. The number of hydrogen-bond acceptors (Lipinski definition) is 7. The van der Waals surface area contributed by atoms with Crippen LogP contribution in [0.25, 0.3) is 11.3 Å². The van der Waals surface area contributed by atoms with Gasteiger partial charge in [-0.2, -0.15) is 0 Å². The number of allylic oxidation sites excluding steroid dienone is 1. The molecule has 3 aromatic rings. The predicted molar refractivity (Wildman–Crippen MR) is 182 cm³/mol. The zero-order valence-corrected chi connectivity index (χ0v) is 30.3. The van der Waals surface area contributed by atoms with Gasteiger partial charge in [-0.3, -0.25) is 0 Å². The monoisotopic (exact) mass is 784 g/mol. The fourth-order valence-electron chi connectivity index (χ4n) is 7.44. The van der Waals surface area contributed by atoms with E-state index in [9.17, 15) is 18.0 Å². The second kappa shape index (κ2) is 14.1. The second-order valence-corrected chi connectivity index (χ2v) is 20.1. The first-order chi connectivity index (χ1) is 23.5. The van der Waals surface area contributed by atoms with Gasteiger partial charge in [-0.15, -0.1) is 13.2 Å². The van der Waals surface area contributed by atoms with Crippen LogP contribution in [0.1, 0.15) is 84.5 Å². The van der Waals surface area contributed by atoms with Crippen molar-refractivity contribution in [1.82, 2.24) is 13.9 Å². The zero-order valence-electron chi connectivity index (χ0n) is 27.8. The molecule has 7 rings (SSSR count). The summed E-state index contributed by atoms with van der Waals surface area (Å²) >= 11 is -1.76. The number of halogens is 3. The van der Waals surface area contributed by atoms with Crippen LogP contribution in [0, 0.1) is 18.8 Å². The average molecular weight is 786 g/mol. The summed E-state index contributed by atoms with van der Waals surface area (Å²) in [6.45, 7) is 6.43. The Hall–Kier alpha value is -3.30. The summed E-state index contributed by atoms with van der Waals surface area (Å²) in [7, 11) is 0. The number of alkyl halides is 3. The Morgan fingerprint density at radius 2 is 1.82 bits per heavy atom. The van der Waals surface area contributed by atoms with Crippen molar-refractivity contribution in [1.29, 1.82) is 0 Å². The molecule has 1 amide bonds. The van der Waals surface area contributed by atoms with Crippen LogP contribution in [0.3, 0.4) is 0 Å². The summed E-state index contributed by atoms with van der Waals surface area (Å²) in [5, 5.41) is 7.85. The Balaban J connectivity index is 0.989. The molecule has 4 saturated carbocycles. The summed E-state index contributed by atoms with van der Waals surface area (Å²) in [5.41, 5.74) is 4.21. The molecule has 4 fully saturated rings. The zero-order chi connectivity index (χ0) is 34.3. The van der Waals surface area contributed by atoms with Crippen LogP contribution in [-0.4, -0.2) is 56.3 Å². The Labute approximate surface area is 292 Å². The molecule has 1 heterocycles. The van der Waals surface area contributed by atoms with Gasteiger partial charge in [0, 0.05) is 17.0 Å². The first-order valence-corrected chi connectivity index (χ1v) is 22.4. The number of nitrogens with one attached hydrogen (secondary N) is 2. The molecule has 0 saturated heterocycles. The van der Waals surface area contributed by atoms with Crippen LogP contribution in [-0.2, 0) is 11.3 Å². The van der Waals surface area contributed by atoms with Gasteiger partial charge in [-0.05, 0) is 25.0 Å². The third-order valence-corrected chi connectivity index (χ3v) is 16.4. The second-order valence-electron chi connectivity index (χ2n) is 13.9. The minimum atomic E-state index is -4.82. The first-order valence-electron chi connectivity index (χ1n) is 17.1. The van der Waals surface area contributed by atoms with Crippen molar-refractivity contribution < 1.29 is 32.0 Å². The molecule has 0 spiro atoms. The van der Waals surface area contributed by atoms with Crippen molar-refractivity contribution in [2.45, 2.75) is 98.1 Å². The molecule has 0 aliphatic heterocycles. The van der Waals surface area contributed by atoms with E-state index in [0.29, 0.717) is 45.8 Å². The van der Waals surface area contributed by atoms with Crippen LogP contribution in [0.15, 0.2) is 64.3 Å². The van der Waals surface area contributed by atoms with E-state index in [0.717, 1.165) is 48.0 Å². The Bertz CT molecular complexity index is 1720. The number of nitrogens with zero attached hydrogens (tertiary/aromatic N) is 2. The SMILES string of the molecule is C=C(C=Nc1c(C)cccc1C(=O)[NH][Sb+]([CH3])[CH]1CC1)NC1C2CCC1CC(OCc1c(-c3ccccc3OC(F)(F)F)noc1C1CC1)C2. The quantitative estimate of drug-likeness (QED) is 0.133. The molecule has 259 valence electrons. The molecule has 49 heavy (non-hydrogen) atoms. The maximum atomic E-state index is 13.2. The van der Waals surface area contributed by atoms with Gasteiger partial charge < -0.3 is 14.0 Å². The van der Waals surface area contributed by atoms with E-state index in [1.165, 1.54) is 25.0 Å². The van der Waals surface area contributed by atoms with E-state index < -0.39 is 26.8 Å². The van der Waals surface area contributed by atoms with E-state index >= 15 is 0 Å². The number of carbonyl (C=O) groups is 1. The number of aryl methyl sites for hydroxylation is 1. The fraction of sp³-hybridized carbons (Fsp3) is 0.486. The number of fused-ring (bicyclic) bond motifs is 2. The summed E-state index contributed by atoms with van der Waals surface area (Å²) in [6.07, 6.45) is 5.18. The number of amides is 1. The molecular weight excluding hydrogens is 743 g/mol. The predicted octanol–water partition coefficient (Wildman–Crippen LogP) is 8.52. The molecule has 1 aromatic heterocycles. The minimum absolute atomic E-state index is 0.00436. The third kappa shape index (κ3) is 8.04. The molecule has 4 aliphatic carbocycles. The van der Waals surface area contributed by atoms with Gasteiger partial charge in [-0.25, -0.2) is 0 Å². The Kier molecular flexibility index (Phi) is 9.86. The number of aliphatic imine (C=N–C) groups is 1. The number of rotatable bonds is 13. The molecular formula is C37H42F3N4O4Sb+. The third-order valence-electron chi connectivity index (χ3n) is 10.2. The van der Waals surface area contributed by atoms with Gasteiger partial charge in [0.2, 0.25) is 0 Å². The first kappa shape index (κ1) is 34.2. The van der Waals surface area contributed by atoms with Crippen LogP contribution < -0.4 is 13.5 Å². The molecule has 2 atom stereocenters. The molecule has 2 aromatic carbocycles. The van der Waals surface area contributed by atoms with Gasteiger partial charge in [0.25, 0.3) is 0 Å². The van der Waals surface area contributed by atoms with Crippen LogP contribution in [0.2, 0.25) is 8.73 Å². The topological polar surface area (TPSA) is 98.0 Å². The fourth-order valence-corrected chi connectivity index (χ4v) is 11.9. The molecule has 2 N–H and O–H groups in total. The number of ether oxygens (including phenoxy) is 2. The number of hydrogen-bond donors (Lipinski definition) is 2. The van der Waals surface area contributed by atoms with Crippen molar-refractivity contribution >= 4 is 38.3 Å². The van der Waals surface area contributed by atoms with Crippen LogP contribution >= 0.6 is 0 Å². The van der Waals surface area contributed by atoms with Gasteiger partial charge in [0.05, 0.1) is 6.61 Å². The van der Waals surface area contributed by atoms with Gasteiger partial charge in [-0.1, -0.05) is 17.3 Å². The molecule has 1 radical (unpaired) electrons. The van der Waals surface area contributed by atoms with E-state index in [2.05, 4.69) is 30.1 Å². The number of para-hydroxylation sites is 2. The van der Waals surface area contributed by atoms with Crippen LogP contribution in [0.4, 0.5) is 18.9 Å². The number of carbonyl (C=O) groups excluding carboxylic acids is 1. The number of aromatic nitrogens is 1. The molecule has 8 nitrogen and oxygen atoms in total. The standard InChI is InChI=1S/C33H35F3N4O4.C3H5.CH3.Sb/c1-18-6-5-8-25(32(37)41)28(18)38-16-19(2)39-29-21-12-13-22(29)15-23(14-21)42-17-26-30(40-44-31(26)20-10-11-20)24-7-3-4-9-27(24)43-33(34,35)36;1-2-3-1;;/h3-9,16,20-23,29,39H,2,10-15,17H2,1H3,(H2,37,41);1H,2-3H2;1H3;/q;;;+2/p-1. The van der Waals surface area contributed by atoms with Gasteiger partial charge in [0.15, 0.2) is 0 Å². The summed E-state index contributed by atoms with van der Waals surface area (Å²) in [6, 6.07) is 12.0. The number of benzene rings is 2. The van der Waals surface area contributed by atoms with E-state index in [4.69, 9.17) is 14.3 Å². The normalized spacial score (nSPS) is 23.6. The average Bonchev–Trinajstić information content (AvgIpc) is 3.99. The van der Waals surface area contributed by atoms with Crippen molar-refractivity contribution in [3.8, 4) is 17.0 Å². The van der Waals surface area contributed by atoms with Crippen molar-refractivity contribution in [3.05, 3.63) is 77.2 Å². The maximum absolute atomic E-state index is 13.2. The summed E-state index contributed by atoms with van der Waals surface area (Å²) < 4.78 is 60.2. The van der Waals surface area contributed by atoms with Crippen molar-refractivity contribution in [3.63, 3.8) is 0 Å². The van der Waals surface area contributed by atoms with E-state index in [-0.39, 0.29) is 41.9 Å². The Morgan fingerprint density at radius 1 is 1.08 bits per heavy atom. The van der Waals surface area contributed by atoms with Crippen LogP contribution in [0.5, 0.6) is 5.75 Å². The molecule has 2 unspecified atom stereocenters. The van der Waals surface area contributed by atoms with Gasteiger partial charge in [0.1, 0.15) is 17.2 Å². The van der Waals surface area contributed by atoms with Gasteiger partial charge >= 0.3 is 183 Å².